The fraction of sp³-hybridized carbons (Fsp3) is 0.455. The summed E-state index contributed by atoms with van der Waals surface area (Å²) in [5, 5.41) is 10.3. The molecule has 1 aromatic carbocycles. The first-order valence-electron chi connectivity index (χ1n) is 4.69. The van der Waals surface area contributed by atoms with Gasteiger partial charge in [-0.2, -0.15) is 0 Å². The lowest BCUT2D eigenvalue weighted by Crippen LogP contribution is -2.33. The highest BCUT2D eigenvalue weighted by Gasteiger charge is 2.10. The molecular weight excluding hydrogens is 198 g/mol. The number of aliphatic hydroxyl groups excluding tert-OH is 1. The Morgan fingerprint density at radius 1 is 1.50 bits per heavy atom. The molecule has 0 spiro atoms. The van der Waals surface area contributed by atoms with Gasteiger partial charge in [-0.05, 0) is 37.5 Å². The molecule has 0 amide bonds. The summed E-state index contributed by atoms with van der Waals surface area (Å²) in [7, 11) is 0. The third-order valence-electron chi connectivity index (χ3n) is 2.27. The standard InChI is InChI=1S/C11H16ClNO/c1-7-5-9(3-4-10(7)12)6-11(14)8(2)13/h3-5,8,11,14H,6,13H2,1-2H3. The summed E-state index contributed by atoms with van der Waals surface area (Å²) in [6.07, 6.45) is 0.0888. The van der Waals surface area contributed by atoms with E-state index in [1.807, 2.05) is 25.1 Å². The lowest BCUT2D eigenvalue weighted by Gasteiger charge is -2.14. The van der Waals surface area contributed by atoms with Crippen LogP contribution in [0.3, 0.4) is 0 Å². The molecule has 0 aliphatic carbocycles. The molecule has 0 saturated carbocycles. The number of rotatable bonds is 3. The summed E-state index contributed by atoms with van der Waals surface area (Å²) >= 11 is 5.89. The van der Waals surface area contributed by atoms with Crippen molar-refractivity contribution in [3.63, 3.8) is 0 Å². The van der Waals surface area contributed by atoms with Gasteiger partial charge in [0.25, 0.3) is 0 Å². The molecule has 14 heavy (non-hydrogen) atoms. The van der Waals surface area contributed by atoms with Gasteiger partial charge in [0, 0.05) is 11.1 Å². The minimum Gasteiger partial charge on any atom is -0.391 e. The summed E-state index contributed by atoms with van der Waals surface area (Å²) < 4.78 is 0. The fourth-order valence-corrected chi connectivity index (χ4v) is 1.38. The lowest BCUT2D eigenvalue weighted by molar-refractivity contribution is 0.151. The summed E-state index contributed by atoms with van der Waals surface area (Å²) in [6.45, 7) is 3.75. The van der Waals surface area contributed by atoms with Crippen LogP contribution in [-0.4, -0.2) is 17.3 Å². The maximum Gasteiger partial charge on any atom is 0.0728 e. The van der Waals surface area contributed by atoms with Crippen LogP contribution in [0, 0.1) is 6.92 Å². The second kappa shape index (κ2) is 4.78. The molecule has 0 aliphatic heterocycles. The smallest absolute Gasteiger partial charge is 0.0728 e. The zero-order valence-corrected chi connectivity index (χ0v) is 9.25. The summed E-state index contributed by atoms with van der Waals surface area (Å²) in [4.78, 5) is 0. The van der Waals surface area contributed by atoms with Crippen molar-refractivity contribution in [1.82, 2.24) is 0 Å². The monoisotopic (exact) mass is 213 g/mol. The molecule has 2 atom stereocenters. The molecule has 0 fully saturated rings. The lowest BCUT2D eigenvalue weighted by atomic mass is 10.0. The second-order valence-corrected chi connectivity index (χ2v) is 4.12. The minimum absolute atomic E-state index is 0.203. The molecule has 0 saturated heterocycles. The molecule has 2 unspecified atom stereocenters. The average molecular weight is 214 g/mol. The first-order chi connectivity index (χ1) is 6.50. The van der Waals surface area contributed by atoms with Crippen LogP contribution in [0.1, 0.15) is 18.1 Å². The van der Waals surface area contributed by atoms with Gasteiger partial charge in [-0.1, -0.05) is 23.7 Å². The van der Waals surface area contributed by atoms with Crippen LogP contribution in [0.25, 0.3) is 0 Å². The van der Waals surface area contributed by atoms with Crippen LogP contribution in [-0.2, 0) is 6.42 Å². The molecular formula is C11H16ClNO. The van der Waals surface area contributed by atoms with E-state index < -0.39 is 6.10 Å². The Balaban J connectivity index is 2.73. The van der Waals surface area contributed by atoms with Crippen LogP contribution < -0.4 is 5.73 Å². The minimum atomic E-state index is -0.490. The molecule has 0 aromatic heterocycles. The average Bonchev–Trinajstić information content (AvgIpc) is 2.11. The number of benzene rings is 1. The second-order valence-electron chi connectivity index (χ2n) is 3.71. The normalized spacial score (nSPS) is 15.2. The van der Waals surface area contributed by atoms with Crippen molar-refractivity contribution in [1.29, 1.82) is 0 Å². The third-order valence-corrected chi connectivity index (χ3v) is 2.70. The Hall–Kier alpha value is -0.570. The van der Waals surface area contributed by atoms with E-state index in [1.165, 1.54) is 0 Å². The van der Waals surface area contributed by atoms with E-state index in [2.05, 4.69) is 0 Å². The molecule has 3 heteroatoms. The Bertz CT molecular complexity index is 312. The third kappa shape index (κ3) is 2.98. The van der Waals surface area contributed by atoms with E-state index in [0.717, 1.165) is 16.1 Å². The number of nitrogens with two attached hydrogens (primary N) is 1. The number of aliphatic hydroxyl groups is 1. The number of hydrogen-bond donors (Lipinski definition) is 2. The van der Waals surface area contributed by atoms with E-state index in [0.29, 0.717) is 6.42 Å². The molecule has 78 valence electrons. The van der Waals surface area contributed by atoms with Gasteiger partial charge in [0.1, 0.15) is 0 Å². The van der Waals surface area contributed by atoms with Crippen LogP contribution in [0.15, 0.2) is 18.2 Å². The van der Waals surface area contributed by atoms with Gasteiger partial charge in [-0.25, -0.2) is 0 Å². The Kier molecular flexibility index (Phi) is 3.93. The van der Waals surface area contributed by atoms with Crippen LogP contribution in [0.5, 0.6) is 0 Å². The number of hydrogen-bond acceptors (Lipinski definition) is 2. The van der Waals surface area contributed by atoms with E-state index in [4.69, 9.17) is 17.3 Å². The van der Waals surface area contributed by atoms with Crippen molar-refractivity contribution in [3.8, 4) is 0 Å². The highest BCUT2D eigenvalue weighted by molar-refractivity contribution is 6.31. The summed E-state index contributed by atoms with van der Waals surface area (Å²) in [6, 6.07) is 5.54. The van der Waals surface area contributed by atoms with Crippen molar-refractivity contribution < 1.29 is 5.11 Å². The molecule has 1 rings (SSSR count). The highest BCUT2D eigenvalue weighted by Crippen LogP contribution is 2.17. The van der Waals surface area contributed by atoms with Gasteiger partial charge >= 0.3 is 0 Å². The van der Waals surface area contributed by atoms with E-state index >= 15 is 0 Å². The molecule has 0 heterocycles. The molecule has 2 nitrogen and oxygen atoms in total. The van der Waals surface area contributed by atoms with Crippen molar-refractivity contribution >= 4 is 11.6 Å². The summed E-state index contributed by atoms with van der Waals surface area (Å²) in [5.41, 5.74) is 7.67. The van der Waals surface area contributed by atoms with Crippen molar-refractivity contribution in [2.24, 2.45) is 5.73 Å². The first kappa shape index (κ1) is 11.5. The van der Waals surface area contributed by atoms with Gasteiger partial charge in [-0.15, -0.1) is 0 Å². The van der Waals surface area contributed by atoms with E-state index in [-0.39, 0.29) is 6.04 Å². The SMILES string of the molecule is Cc1cc(CC(O)C(C)N)ccc1Cl. The largest absolute Gasteiger partial charge is 0.391 e. The topological polar surface area (TPSA) is 46.2 Å². The maximum absolute atomic E-state index is 9.58. The zero-order valence-electron chi connectivity index (χ0n) is 8.50. The predicted octanol–water partition coefficient (Wildman–Crippen LogP) is 1.90. The van der Waals surface area contributed by atoms with Gasteiger partial charge in [0.15, 0.2) is 0 Å². The molecule has 3 N–H and O–H groups in total. The van der Waals surface area contributed by atoms with Crippen molar-refractivity contribution in [2.45, 2.75) is 32.4 Å². The molecule has 1 aromatic rings. The van der Waals surface area contributed by atoms with Gasteiger partial charge in [-0.3, -0.25) is 0 Å². The Morgan fingerprint density at radius 2 is 2.14 bits per heavy atom. The van der Waals surface area contributed by atoms with Crippen LogP contribution >= 0.6 is 11.6 Å². The van der Waals surface area contributed by atoms with E-state index in [1.54, 1.807) is 6.92 Å². The number of halogens is 1. The van der Waals surface area contributed by atoms with E-state index in [9.17, 15) is 5.11 Å². The van der Waals surface area contributed by atoms with Gasteiger partial charge in [0.05, 0.1) is 6.10 Å². The quantitative estimate of drug-likeness (QED) is 0.806. The molecule has 0 radical (unpaired) electrons. The number of aryl methyl sites for hydroxylation is 1. The Morgan fingerprint density at radius 3 is 2.64 bits per heavy atom. The Labute approximate surface area is 89.7 Å². The molecule has 0 bridgehead atoms. The van der Waals surface area contributed by atoms with Gasteiger partial charge < -0.3 is 10.8 Å². The fourth-order valence-electron chi connectivity index (χ4n) is 1.26. The van der Waals surface area contributed by atoms with Crippen molar-refractivity contribution in [2.75, 3.05) is 0 Å². The van der Waals surface area contributed by atoms with Crippen LogP contribution in [0.2, 0.25) is 5.02 Å². The van der Waals surface area contributed by atoms with Crippen molar-refractivity contribution in [3.05, 3.63) is 34.3 Å². The summed E-state index contributed by atoms with van der Waals surface area (Å²) in [5.74, 6) is 0. The van der Waals surface area contributed by atoms with Crippen LogP contribution in [0.4, 0.5) is 0 Å². The molecule has 0 aliphatic rings. The first-order valence-corrected chi connectivity index (χ1v) is 5.07. The highest BCUT2D eigenvalue weighted by atomic mass is 35.5. The predicted molar refractivity (Wildman–Crippen MR) is 59.5 cm³/mol. The zero-order chi connectivity index (χ0) is 10.7. The maximum atomic E-state index is 9.58. The van der Waals surface area contributed by atoms with Gasteiger partial charge in [0.2, 0.25) is 0 Å².